The van der Waals surface area contributed by atoms with Gasteiger partial charge in [-0.2, -0.15) is 0 Å². The van der Waals surface area contributed by atoms with Crippen molar-refractivity contribution in [2.75, 3.05) is 19.6 Å². The lowest BCUT2D eigenvalue weighted by Crippen LogP contribution is -2.48. The molecule has 1 saturated heterocycles. The zero-order chi connectivity index (χ0) is 9.68. The monoisotopic (exact) mass is 184 g/mol. The molecule has 2 unspecified atom stereocenters. The lowest BCUT2D eigenvalue weighted by Gasteiger charge is -2.36. The van der Waals surface area contributed by atoms with Crippen LogP contribution in [0.4, 0.5) is 0 Å². The third kappa shape index (κ3) is 3.28. The molecule has 0 radical (unpaired) electrons. The van der Waals surface area contributed by atoms with Gasteiger partial charge in [0.05, 0.1) is 0 Å². The highest BCUT2D eigenvalue weighted by atomic mass is 15.2. The van der Waals surface area contributed by atoms with Crippen molar-refractivity contribution < 1.29 is 0 Å². The van der Waals surface area contributed by atoms with E-state index in [9.17, 15) is 0 Å². The fraction of sp³-hybridized carbons (Fsp3) is 1.00. The number of nitrogens with zero attached hydrogens (tertiary/aromatic N) is 1. The summed E-state index contributed by atoms with van der Waals surface area (Å²) in [6, 6.07) is 1.51. The fourth-order valence-electron chi connectivity index (χ4n) is 2.12. The van der Waals surface area contributed by atoms with Gasteiger partial charge >= 0.3 is 0 Å². The minimum atomic E-state index is 0.743. The van der Waals surface area contributed by atoms with E-state index in [1.54, 1.807) is 0 Å². The van der Waals surface area contributed by atoms with Gasteiger partial charge in [-0.05, 0) is 39.3 Å². The van der Waals surface area contributed by atoms with Crippen molar-refractivity contribution in [2.24, 2.45) is 0 Å². The van der Waals surface area contributed by atoms with Gasteiger partial charge in [-0.3, -0.25) is 4.90 Å². The molecule has 0 aromatic carbocycles. The smallest absolute Gasteiger partial charge is 0.0195 e. The molecule has 0 spiro atoms. The van der Waals surface area contributed by atoms with Crippen molar-refractivity contribution in [2.45, 2.75) is 52.1 Å². The Labute approximate surface area is 82.7 Å². The number of nitrogens with one attached hydrogen (secondary N) is 1. The molecular formula is C11H24N2. The van der Waals surface area contributed by atoms with Crippen molar-refractivity contribution >= 4 is 0 Å². The Hall–Kier alpha value is -0.0800. The molecule has 2 atom stereocenters. The summed E-state index contributed by atoms with van der Waals surface area (Å²) >= 11 is 0. The van der Waals surface area contributed by atoms with E-state index in [1.807, 2.05) is 0 Å². The second kappa shape index (κ2) is 5.61. The first-order chi connectivity index (χ1) is 6.27. The first-order valence-corrected chi connectivity index (χ1v) is 5.75. The molecule has 0 bridgehead atoms. The average Bonchev–Trinajstić information content (AvgIpc) is 2.18. The van der Waals surface area contributed by atoms with Crippen molar-refractivity contribution in [1.82, 2.24) is 10.2 Å². The zero-order valence-corrected chi connectivity index (χ0v) is 9.34. The topological polar surface area (TPSA) is 15.3 Å². The van der Waals surface area contributed by atoms with Crippen LogP contribution in [0.3, 0.4) is 0 Å². The minimum Gasteiger partial charge on any atom is -0.313 e. The maximum absolute atomic E-state index is 3.55. The number of piperidine rings is 1. The second-order valence-electron chi connectivity index (χ2n) is 4.15. The van der Waals surface area contributed by atoms with Gasteiger partial charge in [-0.15, -0.1) is 0 Å². The van der Waals surface area contributed by atoms with E-state index in [2.05, 4.69) is 31.0 Å². The summed E-state index contributed by atoms with van der Waals surface area (Å²) < 4.78 is 0. The molecule has 0 aromatic heterocycles. The van der Waals surface area contributed by atoms with Crippen LogP contribution in [0.1, 0.15) is 40.0 Å². The van der Waals surface area contributed by atoms with Crippen LogP contribution in [0, 0.1) is 0 Å². The number of hydrogen-bond donors (Lipinski definition) is 1. The van der Waals surface area contributed by atoms with Gasteiger partial charge in [0.1, 0.15) is 0 Å². The molecule has 13 heavy (non-hydrogen) atoms. The summed E-state index contributed by atoms with van der Waals surface area (Å²) in [5, 5.41) is 3.55. The van der Waals surface area contributed by atoms with E-state index in [1.165, 1.54) is 32.4 Å². The summed E-state index contributed by atoms with van der Waals surface area (Å²) in [7, 11) is 0. The van der Waals surface area contributed by atoms with Gasteiger partial charge in [0, 0.05) is 18.6 Å². The molecule has 1 aliphatic rings. The number of hydrogen-bond acceptors (Lipinski definition) is 2. The summed E-state index contributed by atoms with van der Waals surface area (Å²) in [4.78, 5) is 2.62. The quantitative estimate of drug-likeness (QED) is 0.717. The molecule has 1 N–H and O–H groups in total. The standard InChI is InChI=1S/C11H24N2/c1-4-10(3)13-8-6-7-11(9-13)12-5-2/h10-12H,4-9H2,1-3H3. The Kier molecular flexibility index (Phi) is 4.74. The van der Waals surface area contributed by atoms with Crippen LogP contribution >= 0.6 is 0 Å². The maximum atomic E-state index is 3.55. The Bertz CT molecular complexity index is 134. The van der Waals surface area contributed by atoms with Gasteiger partial charge in [0.2, 0.25) is 0 Å². The Morgan fingerprint density at radius 3 is 2.85 bits per heavy atom. The molecule has 0 amide bonds. The Morgan fingerprint density at radius 1 is 1.46 bits per heavy atom. The molecule has 0 aromatic rings. The van der Waals surface area contributed by atoms with Crippen molar-refractivity contribution in [3.05, 3.63) is 0 Å². The van der Waals surface area contributed by atoms with Gasteiger partial charge in [-0.1, -0.05) is 13.8 Å². The van der Waals surface area contributed by atoms with Crippen LogP contribution in [-0.4, -0.2) is 36.6 Å². The maximum Gasteiger partial charge on any atom is 0.0195 e. The van der Waals surface area contributed by atoms with E-state index in [4.69, 9.17) is 0 Å². The third-order valence-corrected chi connectivity index (χ3v) is 3.16. The largest absolute Gasteiger partial charge is 0.313 e. The zero-order valence-electron chi connectivity index (χ0n) is 9.34. The van der Waals surface area contributed by atoms with Crippen LogP contribution in [0.2, 0.25) is 0 Å². The molecular weight excluding hydrogens is 160 g/mol. The van der Waals surface area contributed by atoms with Crippen molar-refractivity contribution in [3.8, 4) is 0 Å². The molecule has 78 valence electrons. The van der Waals surface area contributed by atoms with E-state index in [0.717, 1.165) is 18.6 Å². The van der Waals surface area contributed by atoms with E-state index >= 15 is 0 Å². The molecule has 1 heterocycles. The lowest BCUT2D eigenvalue weighted by molar-refractivity contribution is 0.143. The average molecular weight is 184 g/mol. The Balaban J connectivity index is 2.32. The number of likely N-dealkylation sites (N-methyl/N-ethyl adjacent to an activating group) is 1. The highest BCUT2D eigenvalue weighted by Gasteiger charge is 2.21. The highest BCUT2D eigenvalue weighted by Crippen LogP contribution is 2.14. The molecule has 2 nitrogen and oxygen atoms in total. The lowest BCUT2D eigenvalue weighted by atomic mass is 10.0. The fourth-order valence-corrected chi connectivity index (χ4v) is 2.12. The van der Waals surface area contributed by atoms with Crippen LogP contribution in [0.5, 0.6) is 0 Å². The van der Waals surface area contributed by atoms with E-state index in [-0.39, 0.29) is 0 Å². The SMILES string of the molecule is CCNC1CCCN(C(C)CC)C1. The van der Waals surface area contributed by atoms with Crippen LogP contribution in [0.25, 0.3) is 0 Å². The van der Waals surface area contributed by atoms with Crippen molar-refractivity contribution in [3.63, 3.8) is 0 Å². The number of rotatable bonds is 4. The molecule has 0 aliphatic carbocycles. The molecule has 2 heteroatoms. The van der Waals surface area contributed by atoms with Crippen LogP contribution in [-0.2, 0) is 0 Å². The Morgan fingerprint density at radius 2 is 2.23 bits per heavy atom. The van der Waals surface area contributed by atoms with Gasteiger partial charge in [-0.25, -0.2) is 0 Å². The summed E-state index contributed by atoms with van der Waals surface area (Å²) in [5.41, 5.74) is 0. The molecule has 0 saturated carbocycles. The van der Waals surface area contributed by atoms with E-state index < -0.39 is 0 Å². The second-order valence-corrected chi connectivity index (χ2v) is 4.15. The summed E-state index contributed by atoms with van der Waals surface area (Å²) in [6.45, 7) is 10.5. The predicted octanol–water partition coefficient (Wildman–Crippen LogP) is 1.86. The van der Waals surface area contributed by atoms with Crippen LogP contribution < -0.4 is 5.32 Å². The third-order valence-electron chi connectivity index (χ3n) is 3.16. The van der Waals surface area contributed by atoms with E-state index in [0.29, 0.717) is 0 Å². The molecule has 1 fully saturated rings. The molecule has 1 aliphatic heterocycles. The van der Waals surface area contributed by atoms with Crippen molar-refractivity contribution in [1.29, 1.82) is 0 Å². The van der Waals surface area contributed by atoms with Gasteiger partial charge in [0.25, 0.3) is 0 Å². The number of likely N-dealkylation sites (tertiary alicyclic amines) is 1. The van der Waals surface area contributed by atoms with Gasteiger partial charge < -0.3 is 5.32 Å². The minimum absolute atomic E-state index is 0.743. The normalized spacial score (nSPS) is 27.5. The first kappa shape index (κ1) is 11.0. The van der Waals surface area contributed by atoms with Crippen LogP contribution in [0.15, 0.2) is 0 Å². The summed E-state index contributed by atoms with van der Waals surface area (Å²) in [6.07, 6.45) is 4.00. The van der Waals surface area contributed by atoms with Gasteiger partial charge in [0.15, 0.2) is 0 Å². The highest BCUT2D eigenvalue weighted by molar-refractivity contribution is 4.80. The molecule has 1 rings (SSSR count). The first-order valence-electron chi connectivity index (χ1n) is 5.75. The predicted molar refractivity (Wildman–Crippen MR) is 58.0 cm³/mol. The summed E-state index contributed by atoms with van der Waals surface area (Å²) in [5.74, 6) is 0.